The molecule has 0 aromatic rings. The zero-order valence-corrected chi connectivity index (χ0v) is 6.33. The van der Waals surface area contributed by atoms with Crippen molar-refractivity contribution in [3.63, 3.8) is 0 Å². The quantitative estimate of drug-likeness (QED) is 0.425. The second kappa shape index (κ2) is 3.32. The minimum atomic E-state index is -0.833. The predicted octanol–water partition coefficient (Wildman–Crippen LogP) is 0.104. The molecule has 0 spiro atoms. The molecular formula is C6H11ClN2O. The highest BCUT2D eigenvalue weighted by molar-refractivity contribution is 6.28. The van der Waals surface area contributed by atoms with Gasteiger partial charge in [0.25, 0.3) is 0 Å². The summed E-state index contributed by atoms with van der Waals surface area (Å²) in [6.45, 7) is 0. The molecule has 1 heterocycles. The van der Waals surface area contributed by atoms with E-state index in [1.54, 1.807) is 6.21 Å². The van der Waals surface area contributed by atoms with Gasteiger partial charge in [-0.2, -0.15) is 0 Å². The van der Waals surface area contributed by atoms with Crippen LogP contribution < -0.4 is 5.73 Å². The zero-order valence-electron chi connectivity index (χ0n) is 5.57. The van der Waals surface area contributed by atoms with Gasteiger partial charge in [0, 0.05) is 6.21 Å². The average molecular weight is 163 g/mol. The van der Waals surface area contributed by atoms with Crippen LogP contribution in [-0.4, -0.2) is 29.0 Å². The van der Waals surface area contributed by atoms with Gasteiger partial charge in [-0.25, -0.2) is 0 Å². The monoisotopic (exact) mass is 162 g/mol. The minimum Gasteiger partial charge on any atom is -0.377 e. The van der Waals surface area contributed by atoms with E-state index in [1.165, 1.54) is 0 Å². The molecule has 0 amide bonds. The number of hydrogen-bond donors (Lipinski definition) is 2. The second-order valence-electron chi connectivity index (χ2n) is 2.45. The van der Waals surface area contributed by atoms with Gasteiger partial charge in [-0.05, 0) is 12.8 Å². The van der Waals surface area contributed by atoms with Crippen LogP contribution in [0.3, 0.4) is 0 Å². The van der Waals surface area contributed by atoms with E-state index >= 15 is 0 Å². The summed E-state index contributed by atoms with van der Waals surface area (Å²) < 4.78 is 0. The fourth-order valence-corrected chi connectivity index (χ4v) is 1.13. The molecule has 0 fully saturated rings. The number of rotatable bonds is 1. The number of aliphatic imine (C=N–C) groups is 1. The molecule has 1 rings (SSSR count). The molecule has 0 radical (unpaired) electrons. The van der Waals surface area contributed by atoms with Crippen molar-refractivity contribution in [2.24, 2.45) is 10.7 Å². The highest BCUT2D eigenvalue weighted by Crippen LogP contribution is 2.14. The van der Waals surface area contributed by atoms with Gasteiger partial charge < -0.3 is 10.8 Å². The van der Waals surface area contributed by atoms with Crippen LogP contribution in [0.15, 0.2) is 4.99 Å². The summed E-state index contributed by atoms with van der Waals surface area (Å²) >= 11 is 5.71. The molecule has 0 saturated carbocycles. The third-order valence-electron chi connectivity index (χ3n) is 1.57. The Morgan fingerprint density at radius 3 is 2.80 bits per heavy atom. The average Bonchev–Trinajstić information content (AvgIpc) is 1.88. The van der Waals surface area contributed by atoms with Gasteiger partial charge in [0.05, 0.1) is 11.4 Å². The maximum Gasteiger partial charge on any atom is 0.125 e. The Bertz CT molecular complexity index is 138. The lowest BCUT2D eigenvalue weighted by Gasteiger charge is -2.20. The standard InChI is InChI=1S/C6H11ClN2O/c7-4-1-2-5(6(8)10)9-3-4/h3-6,10H,1-2,8H2. The lowest BCUT2D eigenvalue weighted by molar-refractivity contribution is 0.146. The first-order valence-electron chi connectivity index (χ1n) is 3.31. The van der Waals surface area contributed by atoms with Gasteiger partial charge >= 0.3 is 0 Å². The third-order valence-corrected chi connectivity index (χ3v) is 1.90. The fourth-order valence-electron chi connectivity index (χ4n) is 0.942. The maximum absolute atomic E-state index is 8.88. The van der Waals surface area contributed by atoms with Crippen LogP contribution in [0.5, 0.6) is 0 Å². The van der Waals surface area contributed by atoms with E-state index in [1.807, 2.05) is 0 Å². The van der Waals surface area contributed by atoms with Crippen LogP contribution in [0.25, 0.3) is 0 Å². The number of aliphatic hydroxyl groups is 1. The Morgan fingerprint density at radius 2 is 2.40 bits per heavy atom. The fraction of sp³-hybridized carbons (Fsp3) is 0.833. The SMILES string of the molecule is NC(O)C1CCC(Cl)C=N1. The number of hydrogen-bond acceptors (Lipinski definition) is 3. The van der Waals surface area contributed by atoms with Crippen LogP contribution in [-0.2, 0) is 0 Å². The van der Waals surface area contributed by atoms with E-state index in [9.17, 15) is 0 Å². The molecule has 10 heavy (non-hydrogen) atoms. The Labute approximate surface area is 64.9 Å². The van der Waals surface area contributed by atoms with Crippen molar-refractivity contribution in [3.05, 3.63) is 0 Å². The summed E-state index contributed by atoms with van der Waals surface area (Å²) in [4.78, 5) is 3.98. The molecule has 0 bridgehead atoms. The lowest BCUT2D eigenvalue weighted by Crippen LogP contribution is -2.35. The number of aliphatic hydroxyl groups excluding tert-OH is 1. The van der Waals surface area contributed by atoms with Crippen molar-refractivity contribution >= 4 is 17.8 Å². The summed E-state index contributed by atoms with van der Waals surface area (Å²) in [7, 11) is 0. The van der Waals surface area contributed by atoms with Crippen molar-refractivity contribution in [3.8, 4) is 0 Å². The molecule has 1 aliphatic rings. The molecule has 3 nitrogen and oxygen atoms in total. The summed E-state index contributed by atoms with van der Waals surface area (Å²) in [5.74, 6) is 0. The topological polar surface area (TPSA) is 58.6 Å². The van der Waals surface area contributed by atoms with Crippen molar-refractivity contribution in [2.75, 3.05) is 0 Å². The summed E-state index contributed by atoms with van der Waals surface area (Å²) in [6.07, 6.45) is 2.44. The van der Waals surface area contributed by atoms with E-state index in [4.69, 9.17) is 22.4 Å². The Kier molecular flexibility index (Phi) is 2.65. The molecule has 0 aromatic carbocycles. The van der Waals surface area contributed by atoms with E-state index in [2.05, 4.69) is 4.99 Å². The van der Waals surface area contributed by atoms with Gasteiger partial charge in [0.1, 0.15) is 6.23 Å². The first-order chi connectivity index (χ1) is 4.70. The largest absolute Gasteiger partial charge is 0.377 e. The maximum atomic E-state index is 8.88. The van der Waals surface area contributed by atoms with E-state index in [0.717, 1.165) is 12.8 Å². The first-order valence-corrected chi connectivity index (χ1v) is 3.75. The van der Waals surface area contributed by atoms with Crippen LogP contribution in [0.1, 0.15) is 12.8 Å². The molecule has 58 valence electrons. The number of nitrogens with zero attached hydrogens (tertiary/aromatic N) is 1. The smallest absolute Gasteiger partial charge is 0.125 e. The van der Waals surface area contributed by atoms with Crippen molar-refractivity contribution in [2.45, 2.75) is 30.5 Å². The van der Waals surface area contributed by atoms with E-state index in [-0.39, 0.29) is 11.4 Å². The Morgan fingerprint density at radius 1 is 1.70 bits per heavy atom. The van der Waals surface area contributed by atoms with Crippen molar-refractivity contribution in [1.29, 1.82) is 0 Å². The predicted molar refractivity (Wildman–Crippen MR) is 41.3 cm³/mol. The van der Waals surface area contributed by atoms with E-state index in [0.29, 0.717) is 0 Å². The number of alkyl halides is 1. The molecular weight excluding hydrogens is 152 g/mol. The molecule has 3 unspecified atom stereocenters. The van der Waals surface area contributed by atoms with Crippen LogP contribution >= 0.6 is 11.6 Å². The van der Waals surface area contributed by atoms with Gasteiger partial charge in [-0.1, -0.05) is 0 Å². The minimum absolute atomic E-state index is 0.0231. The van der Waals surface area contributed by atoms with Crippen molar-refractivity contribution < 1.29 is 5.11 Å². The van der Waals surface area contributed by atoms with Gasteiger partial charge in [-0.15, -0.1) is 11.6 Å². The molecule has 3 atom stereocenters. The van der Waals surface area contributed by atoms with Gasteiger partial charge in [0.15, 0.2) is 0 Å². The molecule has 0 aromatic heterocycles. The lowest BCUT2D eigenvalue weighted by atomic mass is 10.1. The summed E-state index contributed by atoms with van der Waals surface area (Å²) in [5, 5.41) is 8.91. The molecule has 3 N–H and O–H groups in total. The highest BCUT2D eigenvalue weighted by Gasteiger charge is 2.18. The summed E-state index contributed by atoms with van der Waals surface area (Å²) in [6, 6.07) is -0.144. The Hall–Kier alpha value is -0.120. The van der Waals surface area contributed by atoms with Crippen LogP contribution in [0.2, 0.25) is 0 Å². The number of halogens is 1. The van der Waals surface area contributed by atoms with Crippen LogP contribution in [0.4, 0.5) is 0 Å². The molecule has 0 saturated heterocycles. The summed E-state index contributed by atoms with van der Waals surface area (Å²) in [5.41, 5.74) is 5.21. The first kappa shape index (κ1) is 7.98. The third kappa shape index (κ3) is 1.94. The number of nitrogens with two attached hydrogens (primary N) is 1. The van der Waals surface area contributed by atoms with Gasteiger partial charge in [-0.3, -0.25) is 4.99 Å². The Balaban J connectivity index is 2.45. The highest BCUT2D eigenvalue weighted by atomic mass is 35.5. The molecule has 1 aliphatic heterocycles. The van der Waals surface area contributed by atoms with E-state index < -0.39 is 6.23 Å². The second-order valence-corrected chi connectivity index (χ2v) is 3.01. The normalized spacial score (nSPS) is 35.9. The van der Waals surface area contributed by atoms with Gasteiger partial charge in [0.2, 0.25) is 0 Å². The molecule has 0 aliphatic carbocycles. The van der Waals surface area contributed by atoms with Crippen LogP contribution in [0, 0.1) is 0 Å². The zero-order chi connectivity index (χ0) is 7.56. The molecule has 4 heteroatoms. The van der Waals surface area contributed by atoms with Crippen molar-refractivity contribution in [1.82, 2.24) is 0 Å².